The lowest BCUT2D eigenvalue weighted by atomic mass is 10.0. The second-order valence-electron chi connectivity index (χ2n) is 3.07. The Morgan fingerprint density at radius 2 is 2.29 bits per heavy atom. The van der Waals surface area contributed by atoms with Gasteiger partial charge in [0.2, 0.25) is 0 Å². The van der Waals surface area contributed by atoms with Crippen molar-refractivity contribution in [2.45, 2.75) is 39.2 Å². The first-order valence-corrected chi connectivity index (χ1v) is 4.84. The van der Waals surface area contributed by atoms with Crippen LogP contribution in [-0.4, -0.2) is 12.1 Å². The summed E-state index contributed by atoms with van der Waals surface area (Å²) in [7, 11) is 0. The molecule has 0 aromatic carbocycles. The molecule has 0 radical (unpaired) electrons. The lowest BCUT2D eigenvalue weighted by Gasteiger charge is -2.14. The predicted octanol–water partition coefficient (Wildman–Crippen LogP) is 3.01. The third-order valence-electron chi connectivity index (χ3n) is 1.88. The monoisotopic (exact) mass is 194 g/mol. The number of rotatable bonds is 6. The van der Waals surface area contributed by atoms with Crippen LogP contribution in [0, 0.1) is 0 Å². The maximum atomic E-state index is 10.8. The third kappa shape index (κ3) is 4.68. The number of hydrogen-bond donors (Lipinski definition) is 0. The van der Waals surface area contributed by atoms with Crippen molar-refractivity contribution < 1.29 is 9.53 Å². The fraction of sp³-hybridized carbons (Fsp3) is 0.500. The fourth-order valence-corrected chi connectivity index (χ4v) is 1.14. The fourth-order valence-electron chi connectivity index (χ4n) is 1.14. The Morgan fingerprint density at radius 1 is 1.64 bits per heavy atom. The molecular formula is C12H18O2. The first kappa shape index (κ1) is 12.7. The van der Waals surface area contributed by atoms with E-state index in [0.29, 0.717) is 0 Å². The summed E-state index contributed by atoms with van der Waals surface area (Å²) in [6, 6.07) is 0. The molecule has 0 heterocycles. The van der Waals surface area contributed by atoms with Gasteiger partial charge < -0.3 is 4.74 Å². The molecule has 0 aliphatic heterocycles. The summed E-state index contributed by atoms with van der Waals surface area (Å²) in [4.78, 5) is 10.8. The van der Waals surface area contributed by atoms with Crippen LogP contribution in [0.4, 0.5) is 0 Å². The van der Waals surface area contributed by atoms with Gasteiger partial charge in [0.25, 0.3) is 0 Å². The minimum absolute atomic E-state index is 0.306. The van der Waals surface area contributed by atoms with E-state index in [1.165, 1.54) is 6.92 Å². The molecule has 0 bridgehead atoms. The first-order valence-electron chi connectivity index (χ1n) is 4.84. The van der Waals surface area contributed by atoms with Gasteiger partial charge in [-0.25, -0.2) is 0 Å². The van der Waals surface area contributed by atoms with Crippen LogP contribution >= 0.6 is 0 Å². The molecule has 0 aliphatic rings. The summed E-state index contributed by atoms with van der Waals surface area (Å²) in [6.45, 7) is 10.7. The Labute approximate surface area is 86.0 Å². The van der Waals surface area contributed by atoms with Gasteiger partial charge in [-0.05, 0) is 18.9 Å². The van der Waals surface area contributed by atoms with Gasteiger partial charge >= 0.3 is 5.97 Å². The molecule has 0 rings (SSSR count). The van der Waals surface area contributed by atoms with Crippen molar-refractivity contribution in [1.29, 1.82) is 0 Å². The van der Waals surface area contributed by atoms with Crippen molar-refractivity contribution in [2.24, 2.45) is 0 Å². The molecule has 0 fully saturated rings. The molecule has 0 N–H and O–H groups in total. The normalized spacial score (nSPS) is 11.3. The van der Waals surface area contributed by atoms with Crippen LogP contribution in [-0.2, 0) is 9.53 Å². The lowest BCUT2D eigenvalue weighted by Crippen LogP contribution is -2.15. The lowest BCUT2D eigenvalue weighted by molar-refractivity contribution is -0.142. The highest BCUT2D eigenvalue weighted by atomic mass is 16.5. The van der Waals surface area contributed by atoms with E-state index in [4.69, 9.17) is 4.74 Å². The SMILES string of the molecule is C=C=C(CCCC)[C@@H](C=C)OC(C)=O. The predicted molar refractivity (Wildman–Crippen MR) is 57.9 cm³/mol. The highest BCUT2D eigenvalue weighted by Gasteiger charge is 2.12. The Balaban J connectivity index is 4.38. The molecule has 2 nitrogen and oxygen atoms in total. The van der Waals surface area contributed by atoms with Crippen molar-refractivity contribution in [3.63, 3.8) is 0 Å². The van der Waals surface area contributed by atoms with E-state index in [0.717, 1.165) is 24.8 Å². The third-order valence-corrected chi connectivity index (χ3v) is 1.88. The number of ether oxygens (including phenoxy) is 1. The highest BCUT2D eigenvalue weighted by molar-refractivity contribution is 5.66. The maximum absolute atomic E-state index is 10.8. The van der Waals surface area contributed by atoms with Gasteiger partial charge in [-0.15, -0.1) is 5.73 Å². The summed E-state index contributed by atoms with van der Waals surface area (Å²) in [5.74, 6) is -0.306. The minimum Gasteiger partial charge on any atom is -0.453 e. The molecule has 0 unspecified atom stereocenters. The number of hydrogen-bond acceptors (Lipinski definition) is 2. The van der Waals surface area contributed by atoms with E-state index in [2.05, 4.69) is 25.8 Å². The maximum Gasteiger partial charge on any atom is 0.303 e. The first-order chi connectivity index (χ1) is 6.65. The van der Waals surface area contributed by atoms with Crippen molar-refractivity contribution in [1.82, 2.24) is 0 Å². The molecule has 2 heteroatoms. The summed E-state index contributed by atoms with van der Waals surface area (Å²) < 4.78 is 5.05. The zero-order valence-electron chi connectivity index (χ0n) is 9.01. The van der Waals surface area contributed by atoms with Gasteiger partial charge in [0.05, 0.1) is 0 Å². The molecule has 78 valence electrons. The largest absolute Gasteiger partial charge is 0.453 e. The molecule has 0 amide bonds. The van der Waals surface area contributed by atoms with Gasteiger partial charge in [-0.1, -0.05) is 26.5 Å². The number of unbranched alkanes of at least 4 members (excludes halogenated alkanes) is 1. The van der Waals surface area contributed by atoms with E-state index in [-0.39, 0.29) is 12.1 Å². The molecule has 0 saturated heterocycles. The topological polar surface area (TPSA) is 26.3 Å². The van der Waals surface area contributed by atoms with Crippen LogP contribution in [0.15, 0.2) is 30.5 Å². The van der Waals surface area contributed by atoms with Crippen molar-refractivity contribution in [3.05, 3.63) is 30.5 Å². The molecular weight excluding hydrogens is 176 g/mol. The zero-order valence-corrected chi connectivity index (χ0v) is 9.01. The average molecular weight is 194 g/mol. The molecule has 0 aliphatic carbocycles. The quantitative estimate of drug-likeness (QED) is 0.369. The second kappa shape index (κ2) is 7.16. The minimum atomic E-state index is -0.364. The summed E-state index contributed by atoms with van der Waals surface area (Å²) in [5.41, 5.74) is 3.71. The summed E-state index contributed by atoms with van der Waals surface area (Å²) in [6.07, 6.45) is 4.23. The number of carbonyl (C=O) groups is 1. The van der Waals surface area contributed by atoms with Crippen LogP contribution in [0.1, 0.15) is 33.1 Å². The van der Waals surface area contributed by atoms with Crippen LogP contribution < -0.4 is 0 Å². The zero-order chi connectivity index (χ0) is 11.0. The Hall–Kier alpha value is -1.27. The van der Waals surface area contributed by atoms with Gasteiger partial charge in [-0.2, -0.15) is 0 Å². The Morgan fingerprint density at radius 3 is 2.64 bits per heavy atom. The Kier molecular flexibility index (Phi) is 6.51. The van der Waals surface area contributed by atoms with Gasteiger partial charge in [0.1, 0.15) is 6.10 Å². The molecule has 0 saturated carbocycles. The standard InChI is InChI=1S/C12H18O2/c1-5-8-9-11(6-2)12(7-3)14-10(4)13/h7,12H,2-3,5,8-9H2,1,4H3/t12-/m1/s1. The van der Waals surface area contributed by atoms with Crippen LogP contribution in [0.3, 0.4) is 0 Å². The number of esters is 1. The molecule has 0 aromatic rings. The van der Waals surface area contributed by atoms with Crippen molar-refractivity contribution >= 4 is 5.97 Å². The van der Waals surface area contributed by atoms with Crippen molar-refractivity contribution in [2.75, 3.05) is 0 Å². The smallest absolute Gasteiger partial charge is 0.303 e. The van der Waals surface area contributed by atoms with E-state index >= 15 is 0 Å². The van der Waals surface area contributed by atoms with E-state index < -0.39 is 0 Å². The number of carbonyl (C=O) groups excluding carboxylic acids is 1. The van der Waals surface area contributed by atoms with Crippen LogP contribution in [0.25, 0.3) is 0 Å². The van der Waals surface area contributed by atoms with Crippen LogP contribution in [0.2, 0.25) is 0 Å². The van der Waals surface area contributed by atoms with Crippen molar-refractivity contribution in [3.8, 4) is 0 Å². The summed E-state index contributed by atoms with van der Waals surface area (Å²) in [5, 5.41) is 0. The highest BCUT2D eigenvalue weighted by Crippen LogP contribution is 2.14. The van der Waals surface area contributed by atoms with E-state index in [1.807, 2.05) is 0 Å². The van der Waals surface area contributed by atoms with E-state index in [1.54, 1.807) is 6.08 Å². The second-order valence-corrected chi connectivity index (χ2v) is 3.07. The average Bonchev–Trinajstić information content (AvgIpc) is 2.16. The molecule has 0 spiro atoms. The molecule has 0 aromatic heterocycles. The van der Waals surface area contributed by atoms with Gasteiger partial charge in [0.15, 0.2) is 0 Å². The van der Waals surface area contributed by atoms with Gasteiger partial charge in [-0.3, -0.25) is 4.79 Å². The summed E-state index contributed by atoms with van der Waals surface area (Å²) >= 11 is 0. The van der Waals surface area contributed by atoms with Gasteiger partial charge in [0, 0.05) is 12.5 Å². The van der Waals surface area contributed by atoms with Crippen LogP contribution in [0.5, 0.6) is 0 Å². The molecule has 14 heavy (non-hydrogen) atoms. The molecule has 1 atom stereocenters. The van der Waals surface area contributed by atoms with E-state index in [9.17, 15) is 4.79 Å². The Bertz CT molecular complexity index is 247.